The summed E-state index contributed by atoms with van der Waals surface area (Å²) >= 11 is 0. The number of carbonyl (C=O) groups excluding carboxylic acids is 1. The van der Waals surface area contributed by atoms with Gasteiger partial charge in [0, 0.05) is 0 Å². The van der Waals surface area contributed by atoms with Gasteiger partial charge in [0.05, 0.1) is 20.8 Å². The summed E-state index contributed by atoms with van der Waals surface area (Å²) in [5.74, 6) is 6.81. The Labute approximate surface area is 193 Å². The van der Waals surface area contributed by atoms with Gasteiger partial charge in [0.2, 0.25) is 0 Å². The molecule has 2 N–H and O–H groups in total. The topological polar surface area (TPSA) is 98.5 Å². The zero-order chi connectivity index (χ0) is 23.6. The Morgan fingerprint density at radius 3 is 1.82 bits per heavy atom. The average molecular weight is 451 g/mol. The largest absolute Gasteiger partial charge is 0.540 e. The van der Waals surface area contributed by atoms with Gasteiger partial charge in [-0.1, -0.05) is 30.3 Å². The maximum absolute atomic E-state index is 12.6. The van der Waals surface area contributed by atoms with E-state index in [-0.39, 0.29) is 31.1 Å². The third-order valence-corrected chi connectivity index (χ3v) is 4.93. The van der Waals surface area contributed by atoms with E-state index in [0.717, 1.165) is 22.6 Å². The summed E-state index contributed by atoms with van der Waals surface area (Å²) in [4.78, 5) is 17.4. The van der Waals surface area contributed by atoms with Crippen LogP contribution in [-0.4, -0.2) is 28.2 Å². The van der Waals surface area contributed by atoms with Crippen molar-refractivity contribution in [2.75, 3.05) is 14.2 Å². The Hall–Kier alpha value is -3.69. The first-order valence-corrected chi connectivity index (χ1v) is 10.2. The SMILES string of the molecule is BOC(=O)c1c(CON)ccc(OCc2ccc(OC)cc2)c1OCc1ccc(OC)cc1. The normalized spacial score (nSPS) is 10.4. The first-order valence-electron chi connectivity index (χ1n) is 10.2. The molecular formula is C24H26BNO7. The fraction of sp³-hybridized carbons (Fsp3) is 0.208. The van der Waals surface area contributed by atoms with Gasteiger partial charge >= 0.3 is 14.0 Å². The van der Waals surface area contributed by atoms with Gasteiger partial charge in [0.15, 0.2) is 11.5 Å². The summed E-state index contributed by atoms with van der Waals surface area (Å²) in [6, 6.07) is 18.3. The van der Waals surface area contributed by atoms with Crippen molar-refractivity contribution in [1.82, 2.24) is 0 Å². The molecule has 0 heterocycles. The molecule has 0 aliphatic heterocycles. The van der Waals surface area contributed by atoms with E-state index >= 15 is 0 Å². The molecule has 0 unspecified atom stereocenters. The minimum absolute atomic E-state index is 0.00207. The third-order valence-electron chi connectivity index (χ3n) is 4.93. The number of hydrogen-bond donors (Lipinski definition) is 1. The van der Waals surface area contributed by atoms with E-state index in [9.17, 15) is 4.79 Å². The lowest BCUT2D eigenvalue weighted by atomic mass is 10.1. The van der Waals surface area contributed by atoms with E-state index in [1.807, 2.05) is 48.5 Å². The van der Waals surface area contributed by atoms with E-state index in [0.29, 0.717) is 11.3 Å². The van der Waals surface area contributed by atoms with Crippen molar-refractivity contribution in [1.29, 1.82) is 0 Å². The van der Waals surface area contributed by atoms with Crippen molar-refractivity contribution >= 4 is 14.0 Å². The van der Waals surface area contributed by atoms with Crippen LogP contribution in [0.25, 0.3) is 0 Å². The van der Waals surface area contributed by atoms with Crippen LogP contribution in [0.1, 0.15) is 27.0 Å². The summed E-state index contributed by atoms with van der Waals surface area (Å²) in [7, 11) is 4.51. The molecule has 8 nitrogen and oxygen atoms in total. The van der Waals surface area contributed by atoms with Crippen molar-refractivity contribution in [3.8, 4) is 23.0 Å². The maximum atomic E-state index is 12.6. The highest BCUT2D eigenvalue weighted by Gasteiger charge is 2.23. The lowest BCUT2D eigenvalue weighted by Crippen LogP contribution is -2.13. The van der Waals surface area contributed by atoms with Crippen LogP contribution < -0.4 is 24.8 Å². The van der Waals surface area contributed by atoms with E-state index < -0.39 is 5.97 Å². The summed E-state index contributed by atoms with van der Waals surface area (Å²) in [6.45, 7) is 0.456. The van der Waals surface area contributed by atoms with Crippen molar-refractivity contribution in [2.45, 2.75) is 19.8 Å². The van der Waals surface area contributed by atoms with Gasteiger partial charge in [-0.25, -0.2) is 10.7 Å². The summed E-state index contributed by atoms with van der Waals surface area (Å²) in [5.41, 5.74) is 2.52. The number of carbonyl (C=O) groups is 1. The Balaban J connectivity index is 1.91. The van der Waals surface area contributed by atoms with E-state index in [1.165, 1.54) is 8.05 Å². The highest BCUT2D eigenvalue weighted by Crippen LogP contribution is 2.36. The van der Waals surface area contributed by atoms with E-state index in [2.05, 4.69) is 0 Å². The molecule has 0 fully saturated rings. The van der Waals surface area contributed by atoms with Crippen LogP contribution in [0.2, 0.25) is 0 Å². The second-order valence-electron chi connectivity index (χ2n) is 7.00. The van der Waals surface area contributed by atoms with Gasteiger partial charge in [-0.15, -0.1) is 0 Å². The molecule has 3 aromatic carbocycles. The predicted molar refractivity (Wildman–Crippen MR) is 124 cm³/mol. The van der Waals surface area contributed by atoms with E-state index in [4.69, 9.17) is 34.3 Å². The Kier molecular flexibility index (Phi) is 8.57. The number of benzene rings is 3. The number of rotatable bonds is 11. The first-order chi connectivity index (χ1) is 16.1. The minimum atomic E-state index is -0.582. The highest BCUT2D eigenvalue weighted by atomic mass is 16.6. The lowest BCUT2D eigenvalue weighted by molar-refractivity contribution is 0.0732. The van der Waals surface area contributed by atoms with Gasteiger partial charge in [0.25, 0.3) is 0 Å². The van der Waals surface area contributed by atoms with Gasteiger partial charge in [-0.2, -0.15) is 0 Å². The van der Waals surface area contributed by atoms with Gasteiger partial charge < -0.3 is 23.6 Å². The zero-order valence-electron chi connectivity index (χ0n) is 18.8. The smallest absolute Gasteiger partial charge is 0.326 e. The van der Waals surface area contributed by atoms with Gasteiger partial charge in [-0.3, -0.25) is 4.84 Å². The molecule has 172 valence electrons. The van der Waals surface area contributed by atoms with Crippen LogP contribution in [0.15, 0.2) is 60.7 Å². The first kappa shape index (κ1) is 24.0. The molecule has 0 saturated carbocycles. The summed E-state index contributed by atoms with van der Waals surface area (Å²) < 4.78 is 27.5. The summed E-state index contributed by atoms with van der Waals surface area (Å²) in [5, 5.41) is 0. The molecule has 0 aliphatic rings. The van der Waals surface area contributed by atoms with Crippen LogP contribution >= 0.6 is 0 Å². The van der Waals surface area contributed by atoms with Crippen molar-refractivity contribution < 1.29 is 33.2 Å². The highest BCUT2D eigenvalue weighted by molar-refractivity contribution is 6.11. The maximum Gasteiger partial charge on any atom is 0.326 e. The van der Waals surface area contributed by atoms with Crippen molar-refractivity contribution in [3.63, 3.8) is 0 Å². The fourth-order valence-electron chi connectivity index (χ4n) is 3.16. The number of methoxy groups -OCH3 is 2. The number of hydrogen-bond acceptors (Lipinski definition) is 8. The van der Waals surface area contributed by atoms with Gasteiger partial charge in [0.1, 0.15) is 30.3 Å². The molecule has 0 spiro atoms. The molecule has 0 saturated heterocycles. The molecule has 0 radical (unpaired) electrons. The molecule has 3 rings (SSSR count). The standard InChI is InChI=1S/C24H26BNO7/c1-28-19-8-3-16(4-9-19)13-30-21-12-7-18(15-32-26)22(24(27)33-25)23(21)31-14-17-5-10-20(29-2)11-6-17/h3-12H,13-15,25-26H2,1-2H3. The number of ether oxygens (including phenoxy) is 4. The second-order valence-corrected chi connectivity index (χ2v) is 7.00. The van der Waals surface area contributed by atoms with E-state index in [1.54, 1.807) is 26.4 Å². The Bertz CT molecular complexity index is 1060. The molecule has 0 aliphatic carbocycles. The van der Waals surface area contributed by atoms with Crippen LogP contribution in [0, 0.1) is 0 Å². The molecule has 0 amide bonds. The molecule has 0 atom stereocenters. The van der Waals surface area contributed by atoms with Crippen LogP contribution in [-0.2, 0) is 29.3 Å². The van der Waals surface area contributed by atoms with Gasteiger partial charge in [-0.05, 0) is 47.0 Å². The average Bonchev–Trinajstić information content (AvgIpc) is 2.87. The molecular weight excluding hydrogens is 425 g/mol. The monoisotopic (exact) mass is 451 g/mol. The second kappa shape index (κ2) is 11.8. The predicted octanol–water partition coefficient (Wildman–Crippen LogP) is 2.96. The van der Waals surface area contributed by atoms with Crippen molar-refractivity contribution in [2.24, 2.45) is 5.90 Å². The Morgan fingerprint density at radius 1 is 0.788 bits per heavy atom. The molecule has 3 aromatic rings. The fourth-order valence-corrected chi connectivity index (χ4v) is 3.16. The molecule has 33 heavy (non-hydrogen) atoms. The lowest BCUT2D eigenvalue weighted by Gasteiger charge is -2.18. The Morgan fingerprint density at radius 2 is 1.33 bits per heavy atom. The van der Waals surface area contributed by atoms with Crippen LogP contribution in [0.5, 0.6) is 23.0 Å². The van der Waals surface area contributed by atoms with Crippen LogP contribution in [0.4, 0.5) is 0 Å². The van der Waals surface area contributed by atoms with Crippen molar-refractivity contribution in [3.05, 3.63) is 82.9 Å². The molecule has 0 aromatic heterocycles. The molecule has 0 bridgehead atoms. The third kappa shape index (κ3) is 6.18. The minimum Gasteiger partial charge on any atom is -0.540 e. The quantitative estimate of drug-likeness (QED) is 0.351. The van der Waals surface area contributed by atoms with Crippen LogP contribution in [0.3, 0.4) is 0 Å². The zero-order valence-corrected chi connectivity index (χ0v) is 18.8. The molecule has 9 heteroatoms. The number of nitrogens with two attached hydrogens (primary N) is 1. The summed E-state index contributed by atoms with van der Waals surface area (Å²) in [6.07, 6.45) is 0.